The predicted molar refractivity (Wildman–Crippen MR) is 139 cm³/mol. The van der Waals surface area contributed by atoms with E-state index in [1.807, 2.05) is 19.1 Å². The molecule has 0 aliphatic heterocycles. The number of hydrogen-bond donors (Lipinski definition) is 1. The second kappa shape index (κ2) is 10.2. The van der Waals surface area contributed by atoms with Gasteiger partial charge in [0.2, 0.25) is 5.91 Å². The average Bonchev–Trinajstić information content (AvgIpc) is 2.79. The van der Waals surface area contributed by atoms with Crippen molar-refractivity contribution in [2.24, 2.45) is 0 Å². The molecule has 0 heterocycles. The van der Waals surface area contributed by atoms with Gasteiger partial charge in [0.05, 0.1) is 16.6 Å². The summed E-state index contributed by atoms with van der Waals surface area (Å²) in [6.07, 6.45) is 0. The molecule has 0 aromatic heterocycles. The van der Waals surface area contributed by atoms with Crippen molar-refractivity contribution in [3.05, 3.63) is 94.5 Å². The van der Waals surface area contributed by atoms with E-state index in [1.165, 1.54) is 17.7 Å². The molecule has 0 fully saturated rings. The van der Waals surface area contributed by atoms with E-state index in [0.717, 1.165) is 9.87 Å². The van der Waals surface area contributed by atoms with E-state index in [1.54, 1.807) is 43.3 Å². The zero-order valence-corrected chi connectivity index (χ0v) is 21.7. The van der Waals surface area contributed by atoms with Crippen LogP contribution in [0, 0.1) is 6.92 Å². The first kappa shape index (κ1) is 25.8. The Balaban J connectivity index is 1.88. The maximum absolute atomic E-state index is 13.5. The Morgan fingerprint density at radius 2 is 1.59 bits per heavy atom. The van der Waals surface area contributed by atoms with Crippen LogP contribution in [0.3, 0.4) is 0 Å². The molecule has 0 unspecified atom stereocenters. The normalized spacial score (nSPS) is 12.8. The average molecular weight is 499 g/mol. The molecule has 7 heteroatoms. The molecule has 5 nitrogen and oxygen atoms in total. The Kier molecular flexibility index (Phi) is 7.74. The highest BCUT2D eigenvalue weighted by Crippen LogP contribution is 2.31. The van der Waals surface area contributed by atoms with Crippen LogP contribution in [-0.4, -0.2) is 20.9 Å². The molecule has 1 atom stereocenters. The number of sulfonamides is 1. The SMILES string of the molecule is Cc1c(Cl)cccc1N(CC(=O)N[C@H](C)c1ccc(C(C)(C)C)cc1)S(=O)(=O)c1ccccc1. The van der Waals surface area contributed by atoms with Crippen LogP contribution in [0.4, 0.5) is 5.69 Å². The summed E-state index contributed by atoms with van der Waals surface area (Å²) in [4.78, 5) is 13.2. The highest BCUT2D eigenvalue weighted by atomic mass is 35.5. The summed E-state index contributed by atoms with van der Waals surface area (Å²) >= 11 is 6.28. The lowest BCUT2D eigenvalue weighted by Gasteiger charge is -2.27. The fourth-order valence-corrected chi connectivity index (χ4v) is 5.33. The van der Waals surface area contributed by atoms with Gasteiger partial charge < -0.3 is 5.32 Å². The predicted octanol–water partition coefficient (Wildman–Crippen LogP) is 6.02. The van der Waals surface area contributed by atoms with Crippen molar-refractivity contribution in [3.8, 4) is 0 Å². The molecule has 0 saturated heterocycles. The first-order valence-corrected chi connectivity index (χ1v) is 13.0. The molecule has 3 aromatic rings. The minimum absolute atomic E-state index is 0.0339. The van der Waals surface area contributed by atoms with Gasteiger partial charge in [-0.1, -0.05) is 80.9 Å². The van der Waals surface area contributed by atoms with Crippen molar-refractivity contribution in [3.63, 3.8) is 0 Å². The Bertz CT molecular complexity index is 1250. The van der Waals surface area contributed by atoms with Gasteiger partial charge in [-0.2, -0.15) is 0 Å². The lowest BCUT2D eigenvalue weighted by atomic mass is 9.86. The highest BCUT2D eigenvalue weighted by Gasteiger charge is 2.29. The lowest BCUT2D eigenvalue weighted by Crippen LogP contribution is -2.42. The van der Waals surface area contributed by atoms with Gasteiger partial charge in [0.15, 0.2) is 0 Å². The summed E-state index contributed by atoms with van der Waals surface area (Å²) in [5.41, 5.74) is 3.13. The van der Waals surface area contributed by atoms with Crippen LogP contribution in [0.15, 0.2) is 77.7 Å². The molecule has 3 rings (SSSR count). The number of nitrogens with zero attached hydrogens (tertiary/aromatic N) is 1. The van der Waals surface area contributed by atoms with E-state index in [2.05, 4.69) is 38.2 Å². The first-order chi connectivity index (χ1) is 15.9. The Morgan fingerprint density at radius 1 is 0.971 bits per heavy atom. The van der Waals surface area contributed by atoms with E-state index in [4.69, 9.17) is 11.6 Å². The van der Waals surface area contributed by atoms with Crippen molar-refractivity contribution in [1.29, 1.82) is 0 Å². The van der Waals surface area contributed by atoms with Crippen molar-refractivity contribution >= 4 is 33.2 Å². The van der Waals surface area contributed by atoms with Gasteiger partial charge in [-0.05, 0) is 60.2 Å². The summed E-state index contributed by atoms with van der Waals surface area (Å²) in [5.74, 6) is -0.411. The molecule has 0 saturated carbocycles. The number of rotatable bonds is 7. The topological polar surface area (TPSA) is 66.5 Å². The Morgan fingerprint density at radius 3 is 2.18 bits per heavy atom. The van der Waals surface area contributed by atoms with Crippen LogP contribution in [-0.2, 0) is 20.2 Å². The van der Waals surface area contributed by atoms with Crippen LogP contribution in [0.5, 0.6) is 0 Å². The molecule has 34 heavy (non-hydrogen) atoms. The van der Waals surface area contributed by atoms with Gasteiger partial charge in [0, 0.05) is 5.02 Å². The number of amides is 1. The van der Waals surface area contributed by atoms with Gasteiger partial charge in [-0.25, -0.2) is 8.42 Å². The lowest BCUT2D eigenvalue weighted by molar-refractivity contribution is -0.120. The van der Waals surface area contributed by atoms with Crippen molar-refractivity contribution in [2.45, 2.75) is 51.0 Å². The highest BCUT2D eigenvalue weighted by molar-refractivity contribution is 7.92. The number of anilines is 1. The quantitative estimate of drug-likeness (QED) is 0.433. The third-order valence-corrected chi connectivity index (χ3v) is 7.96. The van der Waals surface area contributed by atoms with Crippen LogP contribution in [0.1, 0.15) is 50.4 Å². The zero-order valence-electron chi connectivity index (χ0n) is 20.2. The smallest absolute Gasteiger partial charge is 0.264 e. The third kappa shape index (κ3) is 5.80. The molecule has 0 aliphatic carbocycles. The second-order valence-corrected chi connectivity index (χ2v) is 11.6. The standard InChI is InChI=1S/C27H31ClN2O3S/c1-19-24(28)12-9-13-25(19)30(34(32,33)23-10-7-6-8-11-23)18-26(31)29-20(2)21-14-16-22(17-15-21)27(3,4)5/h6-17,20H,18H2,1-5H3,(H,29,31)/t20-/m1/s1. The maximum atomic E-state index is 13.5. The van der Waals surface area contributed by atoms with Gasteiger partial charge >= 0.3 is 0 Å². The molecule has 1 N–H and O–H groups in total. The third-order valence-electron chi connectivity index (χ3n) is 5.78. The second-order valence-electron chi connectivity index (χ2n) is 9.37. The summed E-state index contributed by atoms with van der Waals surface area (Å²) in [5, 5.41) is 3.36. The summed E-state index contributed by atoms with van der Waals surface area (Å²) in [6, 6.07) is 20.9. The molecule has 1 amide bonds. The fourth-order valence-electron chi connectivity index (χ4n) is 3.66. The number of benzene rings is 3. The molecule has 0 aliphatic rings. The first-order valence-electron chi connectivity index (χ1n) is 11.1. The minimum Gasteiger partial charge on any atom is -0.348 e. The monoisotopic (exact) mass is 498 g/mol. The van der Waals surface area contributed by atoms with Gasteiger partial charge in [-0.3, -0.25) is 9.10 Å². The summed E-state index contributed by atoms with van der Waals surface area (Å²) in [7, 11) is -4.00. The number of carbonyl (C=O) groups excluding carboxylic acids is 1. The van der Waals surface area contributed by atoms with Crippen molar-refractivity contribution in [1.82, 2.24) is 5.32 Å². The van der Waals surface area contributed by atoms with Gasteiger partial charge in [0.1, 0.15) is 6.54 Å². The maximum Gasteiger partial charge on any atom is 0.264 e. The van der Waals surface area contributed by atoms with Gasteiger partial charge in [-0.15, -0.1) is 0 Å². The van der Waals surface area contributed by atoms with E-state index in [9.17, 15) is 13.2 Å². The largest absolute Gasteiger partial charge is 0.348 e. The van der Waals surface area contributed by atoms with E-state index >= 15 is 0 Å². The summed E-state index contributed by atoms with van der Waals surface area (Å²) in [6.45, 7) is 9.68. The summed E-state index contributed by atoms with van der Waals surface area (Å²) < 4.78 is 28.2. The van der Waals surface area contributed by atoms with E-state index < -0.39 is 15.9 Å². The van der Waals surface area contributed by atoms with Crippen molar-refractivity contribution in [2.75, 3.05) is 10.8 Å². The number of carbonyl (C=O) groups is 1. The minimum atomic E-state index is -4.00. The number of halogens is 1. The molecule has 0 radical (unpaired) electrons. The number of nitrogens with one attached hydrogen (secondary N) is 1. The molecule has 3 aromatic carbocycles. The van der Waals surface area contributed by atoms with E-state index in [-0.39, 0.29) is 22.9 Å². The van der Waals surface area contributed by atoms with Crippen LogP contribution >= 0.6 is 11.6 Å². The Hall–Kier alpha value is -2.83. The van der Waals surface area contributed by atoms with E-state index in [0.29, 0.717) is 16.3 Å². The van der Waals surface area contributed by atoms with Crippen LogP contribution in [0.2, 0.25) is 5.02 Å². The van der Waals surface area contributed by atoms with Crippen LogP contribution < -0.4 is 9.62 Å². The van der Waals surface area contributed by atoms with Crippen molar-refractivity contribution < 1.29 is 13.2 Å². The molecule has 180 valence electrons. The van der Waals surface area contributed by atoms with Gasteiger partial charge in [0.25, 0.3) is 10.0 Å². The fraction of sp³-hybridized carbons (Fsp3) is 0.296. The molecular formula is C27H31ClN2O3S. The Labute approximate surface area is 207 Å². The zero-order chi connectivity index (χ0) is 25.1. The molecule has 0 bridgehead atoms. The molecular weight excluding hydrogens is 468 g/mol. The number of hydrogen-bond acceptors (Lipinski definition) is 3. The van der Waals surface area contributed by atoms with Crippen LogP contribution in [0.25, 0.3) is 0 Å². The molecule has 0 spiro atoms.